The van der Waals surface area contributed by atoms with Crippen LogP contribution in [0, 0.1) is 0 Å². The molecular formula is C21H22BrN3O3. The van der Waals surface area contributed by atoms with Gasteiger partial charge in [0.05, 0.1) is 27.0 Å². The number of rotatable bonds is 8. The molecule has 0 atom stereocenters. The molecular weight excluding hydrogens is 422 g/mol. The zero-order valence-electron chi connectivity index (χ0n) is 15.8. The molecule has 0 aliphatic rings. The molecule has 0 unspecified atom stereocenters. The minimum Gasteiger partial charge on any atom is -0.497 e. The maximum atomic E-state index is 12.4. The second kappa shape index (κ2) is 9.41. The minimum atomic E-state index is -0.0701. The van der Waals surface area contributed by atoms with Gasteiger partial charge < -0.3 is 14.8 Å². The van der Waals surface area contributed by atoms with Crippen molar-refractivity contribution in [3.8, 4) is 11.5 Å². The maximum absolute atomic E-state index is 12.4. The molecule has 3 rings (SSSR count). The third kappa shape index (κ3) is 5.36. The monoisotopic (exact) mass is 443 g/mol. The highest BCUT2D eigenvalue weighted by Crippen LogP contribution is 2.23. The number of halogens is 1. The highest BCUT2D eigenvalue weighted by Gasteiger charge is 2.10. The molecule has 6 nitrogen and oxygen atoms in total. The van der Waals surface area contributed by atoms with E-state index in [-0.39, 0.29) is 5.91 Å². The second-order valence-corrected chi connectivity index (χ2v) is 7.19. The SMILES string of the molecule is COc1cc(CCC(=O)Nc2ccnn2Cc2ccc(Br)cc2)cc(OC)c1. The lowest BCUT2D eigenvalue weighted by Gasteiger charge is -2.10. The first-order valence-electron chi connectivity index (χ1n) is 8.85. The van der Waals surface area contributed by atoms with E-state index in [1.54, 1.807) is 31.2 Å². The lowest BCUT2D eigenvalue weighted by atomic mass is 10.1. The summed E-state index contributed by atoms with van der Waals surface area (Å²) in [6.07, 6.45) is 2.61. The highest BCUT2D eigenvalue weighted by molar-refractivity contribution is 9.10. The first-order chi connectivity index (χ1) is 13.6. The number of nitrogens with one attached hydrogen (secondary N) is 1. The van der Waals surface area contributed by atoms with Crippen LogP contribution in [0.2, 0.25) is 0 Å². The van der Waals surface area contributed by atoms with Crippen LogP contribution in [-0.4, -0.2) is 29.9 Å². The number of carbonyl (C=O) groups excluding carboxylic acids is 1. The number of carbonyl (C=O) groups is 1. The standard InChI is InChI=1S/C21H22BrN3O3/c1-27-18-11-16(12-19(13-18)28-2)5-8-21(26)24-20-9-10-23-25(20)14-15-3-6-17(22)7-4-15/h3-4,6-7,9-13H,5,8,14H2,1-2H3,(H,24,26). The zero-order valence-corrected chi connectivity index (χ0v) is 17.4. The second-order valence-electron chi connectivity index (χ2n) is 6.27. The Morgan fingerprint density at radius 1 is 1.04 bits per heavy atom. The van der Waals surface area contributed by atoms with Crippen LogP contribution in [0.4, 0.5) is 5.82 Å². The van der Waals surface area contributed by atoms with Gasteiger partial charge in [-0.1, -0.05) is 28.1 Å². The molecule has 0 aliphatic heterocycles. The predicted octanol–water partition coefficient (Wildman–Crippen LogP) is 4.28. The number of methoxy groups -OCH3 is 2. The molecule has 1 N–H and O–H groups in total. The van der Waals surface area contributed by atoms with Crippen molar-refractivity contribution in [2.24, 2.45) is 0 Å². The van der Waals surface area contributed by atoms with E-state index >= 15 is 0 Å². The van der Waals surface area contributed by atoms with E-state index < -0.39 is 0 Å². The van der Waals surface area contributed by atoms with Gasteiger partial charge in [-0.25, -0.2) is 4.68 Å². The average molecular weight is 444 g/mol. The van der Waals surface area contributed by atoms with Crippen LogP contribution in [-0.2, 0) is 17.8 Å². The van der Waals surface area contributed by atoms with Gasteiger partial charge in [-0.2, -0.15) is 5.10 Å². The Kier molecular flexibility index (Phi) is 6.71. The van der Waals surface area contributed by atoms with Gasteiger partial charge in [0.2, 0.25) is 5.91 Å². The molecule has 3 aromatic rings. The third-order valence-corrected chi connectivity index (χ3v) is 4.81. The topological polar surface area (TPSA) is 65.4 Å². The van der Waals surface area contributed by atoms with Crippen molar-refractivity contribution in [3.63, 3.8) is 0 Å². The lowest BCUT2D eigenvalue weighted by molar-refractivity contribution is -0.116. The Balaban J connectivity index is 1.60. The van der Waals surface area contributed by atoms with Crippen molar-refractivity contribution < 1.29 is 14.3 Å². The first kappa shape index (κ1) is 19.9. The molecule has 146 valence electrons. The first-order valence-corrected chi connectivity index (χ1v) is 9.64. The molecule has 1 amide bonds. The summed E-state index contributed by atoms with van der Waals surface area (Å²) in [5.74, 6) is 2.03. The van der Waals surface area contributed by atoms with Crippen molar-refractivity contribution in [2.45, 2.75) is 19.4 Å². The van der Waals surface area contributed by atoms with Gasteiger partial charge >= 0.3 is 0 Å². The summed E-state index contributed by atoms with van der Waals surface area (Å²) in [5.41, 5.74) is 2.08. The van der Waals surface area contributed by atoms with Crippen LogP contribution in [0.5, 0.6) is 11.5 Å². The van der Waals surface area contributed by atoms with Gasteiger partial charge in [0.15, 0.2) is 0 Å². The highest BCUT2D eigenvalue weighted by atomic mass is 79.9. The van der Waals surface area contributed by atoms with Crippen LogP contribution in [0.1, 0.15) is 17.5 Å². The number of ether oxygens (including phenoxy) is 2. The molecule has 0 aliphatic carbocycles. The molecule has 0 saturated heterocycles. The van der Waals surface area contributed by atoms with E-state index in [0.29, 0.717) is 36.7 Å². The molecule has 0 radical (unpaired) electrons. The normalized spacial score (nSPS) is 10.5. The quantitative estimate of drug-likeness (QED) is 0.563. The van der Waals surface area contributed by atoms with Crippen LogP contribution in [0.25, 0.3) is 0 Å². The fourth-order valence-corrected chi connectivity index (χ4v) is 3.07. The van der Waals surface area contributed by atoms with Gasteiger partial charge in [-0.05, 0) is 41.8 Å². The maximum Gasteiger partial charge on any atom is 0.225 e. The number of nitrogens with zero attached hydrogens (tertiary/aromatic N) is 2. The van der Waals surface area contributed by atoms with Crippen LogP contribution < -0.4 is 14.8 Å². The Morgan fingerprint density at radius 2 is 1.71 bits per heavy atom. The smallest absolute Gasteiger partial charge is 0.225 e. The average Bonchev–Trinajstić information content (AvgIpc) is 3.14. The summed E-state index contributed by atoms with van der Waals surface area (Å²) in [6.45, 7) is 0.586. The number of hydrogen-bond donors (Lipinski definition) is 1. The molecule has 28 heavy (non-hydrogen) atoms. The van der Waals surface area contributed by atoms with Crippen LogP contribution >= 0.6 is 15.9 Å². The van der Waals surface area contributed by atoms with Crippen LogP contribution in [0.3, 0.4) is 0 Å². The van der Waals surface area contributed by atoms with E-state index in [0.717, 1.165) is 15.6 Å². The molecule has 2 aromatic carbocycles. The van der Waals surface area contributed by atoms with E-state index in [4.69, 9.17) is 9.47 Å². The Labute approximate surface area is 172 Å². The number of anilines is 1. The number of amides is 1. The van der Waals surface area contributed by atoms with Gasteiger partial charge in [0, 0.05) is 23.0 Å². The van der Waals surface area contributed by atoms with Crippen molar-refractivity contribution in [1.82, 2.24) is 9.78 Å². The summed E-state index contributed by atoms with van der Waals surface area (Å²) in [7, 11) is 3.22. The Morgan fingerprint density at radius 3 is 2.36 bits per heavy atom. The number of benzene rings is 2. The summed E-state index contributed by atoms with van der Waals surface area (Å²) < 4.78 is 13.3. The lowest BCUT2D eigenvalue weighted by Crippen LogP contribution is -2.16. The zero-order chi connectivity index (χ0) is 19.9. The summed E-state index contributed by atoms with van der Waals surface area (Å²) in [4.78, 5) is 12.4. The molecule has 0 saturated carbocycles. The van der Waals surface area contributed by atoms with Crippen molar-refractivity contribution in [3.05, 3.63) is 70.3 Å². The van der Waals surface area contributed by atoms with Gasteiger partial charge in [-0.3, -0.25) is 4.79 Å². The van der Waals surface area contributed by atoms with E-state index in [2.05, 4.69) is 26.3 Å². The molecule has 0 spiro atoms. The van der Waals surface area contributed by atoms with Crippen molar-refractivity contribution in [2.75, 3.05) is 19.5 Å². The predicted molar refractivity (Wildman–Crippen MR) is 112 cm³/mol. The number of aromatic nitrogens is 2. The number of hydrogen-bond acceptors (Lipinski definition) is 4. The molecule has 0 fully saturated rings. The summed E-state index contributed by atoms with van der Waals surface area (Å²) in [6, 6.07) is 15.4. The van der Waals surface area contributed by atoms with Gasteiger partial charge in [-0.15, -0.1) is 0 Å². The Bertz CT molecular complexity index is 916. The molecule has 1 aromatic heterocycles. The molecule has 1 heterocycles. The van der Waals surface area contributed by atoms with E-state index in [1.165, 1.54) is 0 Å². The largest absolute Gasteiger partial charge is 0.497 e. The van der Waals surface area contributed by atoms with Crippen molar-refractivity contribution >= 4 is 27.7 Å². The number of aryl methyl sites for hydroxylation is 1. The fraction of sp³-hybridized carbons (Fsp3) is 0.238. The molecule has 0 bridgehead atoms. The van der Waals surface area contributed by atoms with Crippen LogP contribution in [0.15, 0.2) is 59.2 Å². The fourth-order valence-electron chi connectivity index (χ4n) is 2.80. The van der Waals surface area contributed by atoms with Gasteiger partial charge in [0.25, 0.3) is 0 Å². The molecule has 7 heteroatoms. The summed E-state index contributed by atoms with van der Waals surface area (Å²) in [5, 5.41) is 7.25. The van der Waals surface area contributed by atoms with E-state index in [1.807, 2.05) is 42.5 Å². The van der Waals surface area contributed by atoms with E-state index in [9.17, 15) is 4.79 Å². The van der Waals surface area contributed by atoms with Gasteiger partial charge in [0.1, 0.15) is 17.3 Å². The summed E-state index contributed by atoms with van der Waals surface area (Å²) >= 11 is 3.43. The van der Waals surface area contributed by atoms with Crippen molar-refractivity contribution in [1.29, 1.82) is 0 Å². The minimum absolute atomic E-state index is 0.0701. The third-order valence-electron chi connectivity index (χ3n) is 4.28. The Hall–Kier alpha value is -2.80.